The summed E-state index contributed by atoms with van der Waals surface area (Å²) in [6, 6.07) is 4.08. The van der Waals surface area contributed by atoms with Crippen molar-refractivity contribution in [3.05, 3.63) is 57.3 Å². The van der Waals surface area contributed by atoms with Crippen molar-refractivity contribution in [3.63, 3.8) is 0 Å². The van der Waals surface area contributed by atoms with Gasteiger partial charge in [-0.15, -0.1) is 0 Å². The van der Waals surface area contributed by atoms with Crippen molar-refractivity contribution in [1.29, 1.82) is 0 Å². The number of carbonyl (C=O) groups is 2. The number of rotatable bonds is 4. The summed E-state index contributed by atoms with van der Waals surface area (Å²) in [4.78, 5) is 22.7. The lowest BCUT2D eigenvalue weighted by molar-refractivity contribution is 0.0601. The summed E-state index contributed by atoms with van der Waals surface area (Å²) < 4.78 is 45.0. The number of hydrogen-bond donors (Lipinski definition) is 1. The van der Waals surface area contributed by atoms with Gasteiger partial charge in [0.25, 0.3) is 0 Å². The summed E-state index contributed by atoms with van der Waals surface area (Å²) in [7, 11) is 1.11. The number of methoxy groups -OCH3 is 1. The summed E-state index contributed by atoms with van der Waals surface area (Å²) in [5.74, 6) is -4.07. The lowest BCUT2D eigenvalue weighted by atomic mass is 10.1. The molecule has 23 heavy (non-hydrogen) atoms. The van der Waals surface area contributed by atoms with E-state index in [0.717, 1.165) is 25.3 Å². The lowest BCUT2D eigenvalue weighted by Gasteiger charge is -2.14. The van der Waals surface area contributed by atoms with E-state index >= 15 is 0 Å². The predicted molar refractivity (Wildman–Crippen MR) is 80.5 cm³/mol. The van der Waals surface area contributed by atoms with Crippen LogP contribution in [0.1, 0.15) is 20.7 Å². The van der Waals surface area contributed by atoms with Crippen molar-refractivity contribution in [1.82, 2.24) is 0 Å². The second kappa shape index (κ2) is 6.82. The zero-order valence-electron chi connectivity index (χ0n) is 11.6. The quantitative estimate of drug-likeness (QED) is 0.630. The molecule has 4 nitrogen and oxygen atoms in total. The Hall–Kier alpha value is -2.35. The third kappa shape index (κ3) is 3.37. The van der Waals surface area contributed by atoms with Crippen LogP contribution in [0.15, 0.2) is 28.7 Å². The molecule has 120 valence electrons. The van der Waals surface area contributed by atoms with Crippen LogP contribution in [0.5, 0.6) is 0 Å². The molecule has 2 aromatic rings. The highest BCUT2D eigenvalue weighted by molar-refractivity contribution is 9.10. The van der Waals surface area contributed by atoms with Gasteiger partial charge in [0.05, 0.1) is 34.1 Å². The summed E-state index contributed by atoms with van der Waals surface area (Å²) in [5.41, 5.74) is -0.752. The Morgan fingerprint density at radius 1 is 1.17 bits per heavy atom. The molecular formula is C15H9BrF3NO3. The van der Waals surface area contributed by atoms with Crippen molar-refractivity contribution >= 4 is 39.6 Å². The van der Waals surface area contributed by atoms with Gasteiger partial charge in [-0.05, 0) is 40.2 Å². The normalized spacial score (nSPS) is 10.3. The van der Waals surface area contributed by atoms with Gasteiger partial charge >= 0.3 is 5.97 Å². The van der Waals surface area contributed by atoms with Crippen LogP contribution in [-0.4, -0.2) is 19.4 Å². The van der Waals surface area contributed by atoms with Gasteiger partial charge in [0, 0.05) is 0 Å². The number of carbonyl (C=O) groups excluding carboxylic acids is 2. The molecule has 0 bridgehead atoms. The van der Waals surface area contributed by atoms with Gasteiger partial charge in [0.2, 0.25) is 0 Å². The first-order valence-corrected chi connectivity index (χ1v) is 6.96. The molecule has 2 aromatic carbocycles. The summed E-state index contributed by atoms with van der Waals surface area (Å²) in [5, 5.41) is 2.61. The van der Waals surface area contributed by atoms with E-state index in [1.54, 1.807) is 0 Å². The SMILES string of the molecule is COC(=O)c1cc(F)c(Br)cc1Nc1ccc(F)c(F)c1C=O. The molecule has 0 saturated heterocycles. The molecule has 0 aromatic heterocycles. The Morgan fingerprint density at radius 3 is 2.48 bits per heavy atom. The summed E-state index contributed by atoms with van der Waals surface area (Å²) in [6.07, 6.45) is 0.136. The molecule has 2 rings (SSSR count). The largest absolute Gasteiger partial charge is 0.465 e. The average Bonchev–Trinajstić information content (AvgIpc) is 2.53. The molecular weight excluding hydrogens is 379 g/mol. The highest BCUT2D eigenvalue weighted by Crippen LogP contribution is 2.30. The number of aldehydes is 1. The number of esters is 1. The van der Waals surface area contributed by atoms with Gasteiger partial charge in [-0.3, -0.25) is 4.79 Å². The first-order valence-electron chi connectivity index (χ1n) is 6.16. The molecule has 0 heterocycles. The standard InChI is InChI=1S/C15H9BrF3NO3/c1-23-15(22)7-4-11(18)9(16)5-13(7)20-12-3-2-10(17)14(19)8(12)6-21/h2-6,20H,1H3. The van der Waals surface area contributed by atoms with E-state index in [1.165, 1.54) is 6.07 Å². The average molecular weight is 388 g/mol. The van der Waals surface area contributed by atoms with Crippen molar-refractivity contribution in [2.45, 2.75) is 0 Å². The highest BCUT2D eigenvalue weighted by atomic mass is 79.9. The number of nitrogens with one attached hydrogen (secondary N) is 1. The maximum absolute atomic E-state index is 13.6. The van der Waals surface area contributed by atoms with Gasteiger partial charge in [0.1, 0.15) is 5.82 Å². The summed E-state index contributed by atoms with van der Waals surface area (Å²) in [6.45, 7) is 0. The molecule has 0 aliphatic carbocycles. The van der Waals surface area contributed by atoms with Crippen LogP contribution in [0.25, 0.3) is 0 Å². The fourth-order valence-electron chi connectivity index (χ4n) is 1.86. The minimum Gasteiger partial charge on any atom is -0.465 e. The molecule has 0 aliphatic rings. The Kier molecular flexibility index (Phi) is 5.05. The number of ether oxygens (including phenoxy) is 1. The van der Waals surface area contributed by atoms with Crippen LogP contribution in [-0.2, 0) is 4.74 Å². The molecule has 0 amide bonds. The minimum atomic E-state index is -1.33. The molecule has 0 radical (unpaired) electrons. The smallest absolute Gasteiger partial charge is 0.340 e. The zero-order chi connectivity index (χ0) is 17.1. The van der Waals surface area contributed by atoms with Crippen LogP contribution in [0.3, 0.4) is 0 Å². The van der Waals surface area contributed by atoms with Gasteiger partial charge in [-0.1, -0.05) is 0 Å². The number of hydrogen-bond acceptors (Lipinski definition) is 4. The third-order valence-corrected chi connectivity index (χ3v) is 3.59. The van der Waals surface area contributed by atoms with Crippen LogP contribution in [0.4, 0.5) is 24.5 Å². The molecule has 1 N–H and O–H groups in total. The first-order chi connectivity index (χ1) is 10.9. The maximum atomic E-state index is 13.6. The van der Waals surface area contributed by atoms with Crippen molar-refractivity contribution in [3.8, 4) is 0 Å². The van der Waals surface area contributed by atoms with E-state index < -0.39 is 29.0 Å². The Bertz CT molecular complexity index is 796. The van der Waals surface area contributed by atoms with Crippen LogP contribution in [0.2, 0.25) is 0 Å². The van der Waals surface area contributed by atoms with E-state index in [1.807, 2.05) is 0 Å². The Balaban J connectivity index is 2.56. The van der Waals surface area contributed by atoms with Crippen LogP contribution < -0.4 is 5.32 Å². The van der Waals surface area contributed by atoms with E-state index in [-0.39, 0.29) is 27.7 Å². The minimum absolute atomic E-state index is 0.0305. The highest BCUT2D eigenvalue weighted by Gasteiger charge is 2.19. The molecule has 8 heteroatoms. The maximum Gasteiger partial charge on any atom is 0.340 e. The van der Waals surface area contributed by atoms with Gasteiger partial charge in [-0.25, -0.2) is 18.0 Å². The number of halogens is 4. The fourth-order valence-corrected chi connectivity index (χ4v) is 2.21. The van der Waals surface area contributed by atoms with Crippen molar-refractivity contribution in [2.24, 2.45) is 0 Å². The molecule has 0 aliphatic heterocycles. The van der Waals surface area contributed by atoms with Crippen LogP contribution >= 0.6 is 15.9 Å². The second-order valence-electron chi connectivity index (χ2n) is 4.37. The summed E-state index contributed by atoms with van der Waals surface area (Å²) >= 11 is 2.96. The second-order valence-corrected chi connectivity index (χ2v) is 5.22. The number of benzene rings is 2. The van der Waals surface area contributed by atoms with E-state index in [4.69, 9.17) is 0 Å². The van der Waals surface area contributed by atoms with Gasteiger partial charge in [0.15, 0.2) is 17.9 Å². The first kappa shape index (κ1) is 17.0. The Labute approximate surface area is 137 Å². The van der Waals surface area contributed by atoms with Crippen LogP contribution in [0, 0.1) is 17.5 Å². The molecule has 0 saturated carbocycles. The molecule has 0 spiro atoms. The fraction of sp³-hybridized carbons (Fsp3) is 0.0667. The number of anilines is 2. The lowest BCUT2D eigenvalue weighted by Crippen LogP contribution is -2.08. The van der Waals surface area contributed by atoms with E-state index in [2.05, 4.69) is 26.0 Å². The molecule has 0 fully saturated rings. The predicted octanol–water partition coefficient (Wildman–Crippen LogP) is 4.21. The topological polar surface area (TPSA) is 55.4 Å². The van der Waals surface area contributed by atoms with E-state index in [0.29, 0.717) is 0 Å². The van der Waals surface area contributed by atoms with E-state index in [9.17, 15) is 22.8 Å². The van der Waals surface area contributed by atoms with Crippen molar-refractivity contribution in [2.75, 3.05) is 12.4 Å². The monoisotopic (exact) mass is 387 g/mol. The van der Waals surface area contributed by atoms with Gasteiger partial charge in [-0.2, -0.15) is 0 Å². The zero-order valence-corrected chi connectivity index (χ0v) is 13.2. The third-order valence-electron chi connectivity index (χ3n) is 2.99. The van der Waals surface area contributed by atoms with Gasteiger partial charge < -0.3 is 10.1 Å². The molecule has 0 unspecified atom stereocenters. The van der Waals surface area contributed by atoms with Crippen molar-refractivity contribution < 1.29 is 27.5 Å². The molecule has 0 atom stereocenters. The Morgan fingerprint density at radius 2 is 1.87 bits per heavy atom.